The highest BCUT2D eigenvalue weighted by Gasteiger charge is 2.39. The third-order valence-electron chi connectivity index (χ3n) is 3.82. The zero-order valence-electron chi connectivity index (χ0n) is 26.0. The van der Waals surface area contributed by atoms with Gasteiger partial charge in [0.1, 0.15) is 12.7 Å². The van der Waals surface area contributed by atoms with Crippen molar-refractivity contribution < 1.29 is 103 Å². The zero-order valence-corrected chi connectivity index (χ0v) is 29.6. The third-order valence-corrected chi connectivity index (χ3v) is 11.8. The lowest BCUT2D eigenvalue weighted by Gasteiger charge is -2.10. The van der Waals surface area contributed by atoms with Crippen molar-refractivity contribution in [3.8, 4) is 0 Å². The van der Waals surface area contributed by atoms with E-state index < -0.39 is 59.7 Å². The molecular formula is C20H54O21P4. The summed E-state index contributed by atoms with van der Waals surface area (Å²) in [6.45, 7) is 11.1. The quantitative estimate of drug-likeness (QED) is 0.0750. The molecule has 0 amide bonds. The first-order valence-electron chi connectivity index (χ1n) is 12.8. The molecule has 0 heterocycles. The number of ether oxygens (including phenoxy) is 3. The van der Waals surface area contributed by atoms with E-state index in [0.717, 1.165) is 0 Å². The minimum absolute atomic E-state index is 0.00667. The second kappa shape index (κ2) is 29.2. The van der Waals surface area contributed by atoms with E-state index in [1.807, 2.05) is 0 Å². The molecule has 8 atom stereocenters. The predicted octanol–water partition coefficient (Wildman–Crippen LogP) is -2.11. The van der Waals surface area contributed by atoms with Gasteiger partial charge in [0.25, 0.3) is 0 Å². The van der Waals surface area contributed by atoms with Gasteiger partial charge in [0, 0.05) is 0 Å². The zero-order chi connectivity index (χ0) is 37.2. The molecule has 45 heavy (non-hydrogen) atoms. The number of hydrogen-bond acceptors (Lipinski definition) is 15. The molecule has 0 aromatic carbocycles. The average molecular weight is 755 g/mol. The molecule has 0 aliphatic rings. The molecule has 14 N–H and O–H groups in total. The molecule has 0 fully saturated rings. The first-order chi connectivity index (χ1) is 20.1. The minimum atomic E-state index is -5.01. The largest absolute Gasteiger partial charge is 0.409 e. The molecule has 8 unspecified atom stereocenters. The van der Waals surface area contributed by atoms with Crippen molar-refractivity contribution in [2.24, 2.45) is 0 Å². The van der Waals surface area contributed by atoms with E-state index in [9.17, 15) is 18.3 Å². The highest BCUT2D eigenvalue weighted by atomic mass is 32.1. The molecule has 21 nitrogen and oxygen atoms in total. The molecule has 25 heteroatoms. The van der Waals surface area contributed by atoms with Crippen molar-refractivity contribution in [2.45, 2.75) is 78.2 Å². The fourth-order valence-corrected chi connectivity index (χ4v) is 2.55. The lowest BCUT2D eigenvalue weighted by atomic mass is 10.4. The second-order valence-electron chi connectivity index (χ2n) is 9.17. The van der Waals surface area contributed by atoms with Crippen LogP contribution in [0.4, 0.5) is 0 Å². The van der Waals surface area contributed by atoms with Gasteiger partial charge < -0.3 is 84.4 Å². The molecule has 280 valence electrons. The molecule has 0 radical (unpaired) electrons. The van der Waals surface area contributed by atoms with Crippen LogP contribution in [0.25, 0.3) is 0 Å². The molecule has 0 saturated heterocycles. The minimum Gasteiger partial charge on any atom is -0.394 e. The van der Waals surface area contributed by atoms with E-state index in [1.165, 1.54) is 0 Å². The smallest absolute Gasteiger partial charge is 0.394 e. The Morgan fingerprint density at radius 3 is 0.689 bits per heavy atom. The Bertz CT molecular complexity index is 777. The second-order valence-corrected chi connectivity index (χ2v) is 21.3. The molecule has 0 aromatic rings. The summed E-state index contributed by atoms with van der Waals surface area (Å²) in [5, 5.41) is 67.2. The molecule has 0 aliphatic carbocycles. The van der Waals surface area contributed by atoms with Crippen LogP contribution in [0.1, 0.15) is 41.5 Å². The monoisotopic (exact) mass is 754 g/mol. The highest BCUT2D eigenvalue weighted by Crippen LogP contribution is 2.74. The fraction of sp³-hybridized carbons (Fsp3) is 1.00. The summed E-state index contributed by atoms with van der Waals surface area (Å²) < 4.78 is 55.0. The van der Waals surface area contributed by atoms with Crippen molar-refractivity contribution >= 4 is 28.7 Å². The summed E-state index contributed by atoms with van der Waals surface area (Å²) >= 11 is 0. The van der Waals surface area contributed by atoms with Gasteiger partial charge in [0.2, 0.25) is 0 Å². The number of rotatable bonds is 16. The standard InChI is InChI=1S/3C6H14O3.2CH6O6P2/c3*1-5(8)4-9-6(2)3-7;2*2-1-8(3,4)9(5,6)7/h3*5-8H,3-4H2,1-2H3;2*2H,1H2,(H,3,4)(H2,5,6,7). The molecular weight excluding hydrogens is 700 g/mol. The summed E-state index contributed by atoms with van der Waals surface area (Å²) in [5.74, 6) is 0. The predicted molar refractivity (Wildman–Crippen MR) is 160 cm³/mol. The third kappa shape index (κ3) is 38.6. The van der Waals surface area contributed by atoms with E-state index in [1.54, 1.807) is 41.5 Å². The number of hydrogen-bond donors (Lipinski definition) is 14. The number of aliphatic hydroxyl groups is 8. The number of aliphatic hydroxyl groups excluding tert-OH is 8. The topological polar surface area (TPSA) is 379 Å². The normalized spacial score (nSPS) is 18.0. The van der Waals surface area contributed by atoms with Crippen LogP contribution in [0, 0.1) is 0 Å². The van der Waals surface area contributed by atoms with Crippen LogP contribution in [-0.4, -0.2) is 159 Å². The van der Waals surface area contributed by atoms with Gasteiger partial charge >= 0.3 is 28.7 Å². The Kier molecular flexibility index (Phi) is 35.5. The first kappa shape index (κ1) is 54.7. The van der Waals surface area contributed by atoms with Crippen molar-refractivity contribution in [3.63, 3.8) is 0 Å². The van der Waals surface area contributed by atoms with Crippen LogP contribution in [-0.2, 0) is 32.5 Å². The Hall–Kier alpha value is 0.240. The molecule has 0 spiro atoms. The Morgan fingerprint density at radius 1 is 0.444 bits per heavy atom. The maximum atomic E-state index is 10.1. The molecule has 0 aromatic heterocycles. The summed E-state index contributed by atoms with van der Waals surface area (Å²) in [4.78, 5) is 48.3. The highest BCUT2D eigenvalue weighted by molar-refractivity contribution is 8.28. The molecule has 0 aliphatic heterocycles. The average Bonchev–Trinajstić information content (AvgIpc) is 2.93. The van der Waals surface area contributed by atoms with Crippen LogP contribution >= 0.6 is 28.7 Å². The van der Waals surface area contributed by atoms with E-state index in [0.29, 0.717) is 19.8 Å². The summed E-state index contributed by atoms with van der Waals surface area (Å²) in [6, 6.07) is 0. The summed E-state index contributed by atoms with van der Waals surface area (Å²) in [5.41, 5.74) is 0. The molecule has 0 saturated carbocycles. The maximum absolute atomic E-state index is 10.1. The van der Waals surface area contributed by atoms with Crippen LogP contribution in [0.15, 0.2) is 0 Å². The van der Waals surface area contributed by atoms with Gasteiger partial charge in [0.05, 0.1) is 76.3 Å². The van der Waals surface area contributed by atoms with Crippen molar-refractivity contribution in [3.05, 3.63) is 0 Å². The maximum Gasteiger partial charge on any atom is 0.409 e. The van der Waals surface area contributed by atoms with Crippen molar-refractivity contribution in [2.75, 3.05) is 52.3 Å². The van der Waals surface area contributed by atoms with Crippen LogP contribution in [0.5, 0.6) is 0 Å². The van der Waals surface area contributed by atoms with E-state index in [2.05, 4.69) is 0 Å². The Labute approximate surface area is 262 Å². The van der Waals surface area contributed by atoms with Gasteiger partial charge in [-0.05, 0) is 41.5 Å². The Balaban J connectivity index is -0.000000148. The van der Waals surface area contributed by atoms with E-state index >= 15 is 0 Å². The first-order valence-corrected chi connectivity index (χ1v) is 21.1. The van der Waals surface area contributed by atoms with Gasteiger partial charge in [0.15, 0.2) is 0 Å². The Morgan fingerprint density at radius 2 is 0.622 bits per heavy atom. The summed E-state index contributed by atoms with van der Waals surface area (Å²) in [7, 11) is -19.3. The van der Waals surface area contributed by atoms with Crippen molar-refractivity contribution in [1.82, 2.24) is 0 Å². The van der Waals surface area contributed by atoms with Gasteiger partial charge in [-0.25, -0.2) is 9.13 Å². The fourth-order valence-electron chi connectivity index (χ4n) is 1.23. The van der Waals surface area contributed by atoms with Gasteiger partial charge in [-0.3, -0.25) is 9.13 Å². The van der Waals surface area contributed by atoms with Crippen LogP contribution in [0.3, 0.4) is 0 Å². The van der Waals surface area contributed by atoms with Crippen LogP contribution < -0.4 is 0 Å². The lowest BCUT2D eigenvalue weighted by Crippen LogP contribution is -2.19. The van der Waals surface area contributed by atoms with Crippen molar-refractivity contribution in [1.29, 1.82) is 0 Å². The van der Waals surface area contributed by atoms with Gasteiger partial charge in [-0.2, -0.15) is 0 Å². The van der Waals surface area contributed by atoms with E-state index in [-0.39, 0.29) is 38.1 Å². The lowest BCUT2D eigenvalue weighted by molar-refractivity contribution is -0.0177. The SMILES string of the molecule is CC(O)COC(C)CO.CC(O)COC(C)CO.CC(O)COC(C)CO.O=P(O)(O)P(=O)(O)CO.O=P(O)(O)P(=O)(O)CO. The van der Waals surface area contributed by atoms with Gasteiger partial charge in [-0.1, -0.05) is 0 Å². The van der Waals surface area contributed by atoms with Crippen LogP contribution in [0.2, 0.25) is 0 Å². The van der Waals surface area contributed by atoms with E-state index in [4.69, 9.17) is 84.4 Å². The van der Waals surface area contributed by atoms with Gasteiger partial charge in [-0.15, -0.1) is 0 Å². The molecule has 0 bridgehead atoms. The summed E-state index contributed by atoms with van der Waals surface area (Å²) in [6.07, 6.45) is -4.62. The molecule has 0 rings (SSSR count).